The minimum absolute atomic E-state index is 0.797. The second-order valence-corrected chi connectivity index (χ2v) is 3.93. The van der Waals surface area contributed by atoms with Crippen molar-refractivity contribution in [2.75, 3.05) is 7.11 Å². The molecule has 0 aliphatic heterocycles. The van der Waals surface area contributed by atoms with Crippen LogP contribution in [0.1, 0.15) is 31.2 Å². The van der Waals surface area contributed by atoms with E-state index in [0.717, 1.165) is 17.6 Å². The van der Waals surface area contributed by atoms with E-state index in [1.54, 1.807) is 7.11 Å². The van der Waals surface area contributed by atoms with Crippen LogP contribution in [-0.2, 0) is 0 Å². The van der Waals surface area contributed by atoms with Gasteiger partial charge in [0.1, 0.15) is 5.75 Å². The summed E-state index contributed by atoms with van der Waals surface area (Å²) in [5, 5.41) is 0. The largest absolute Gasteiger partial charge is 0.497 e. The molecule has 2 atom stereocenters. The monoisotopic (exact) mass is 176 g/mol. The number of ether oxygens (including phenoxy) is 1. The molecule has 1 unspecified atom stereocenters. The molecule has 0 bridgehead atoms. The topological polar surface area (TPSA) is 9.23 Å². The minimum Gasteiger partial charge on any atom is -0.497 e. The van der Waals surface area contributed by atoms with Gasteiger partial charge in [0.05, 0.1) is 7.11 Å². The summed E-state index contributed by atoms with van der Waals surface area (Å²) in [6, 6.07) is 8.50. The van der Waals surface area contributed by atoms with Gasteiger partial charge >= 0.3 is 0 Å². The molecule has 0 heterocycles. The van der Waals surface area contributed by atoms with Crippen molar-refractivity contribution in [1.29, 1.82) is 0 Å². The van der Waals surface area contributed by atoms with E-state index >= 15 is 0 Å². The molecule has 0 N–H and O–H groups in total. The molecule has 1 saturated carbocycles. The number of hydrogen-bond acceptors (Lipinski definition) is 1. The second-order valence-electron chi connectivity index (χ2n) is 3.93. The van der Waals surface area contributed by atoms with Gasteiger partial charge in [0, 0.05) is 0 Å². The zero-order valence-corrected chi connectivity index (χ0v) is 8.29. The lowest BCUT2D eigenvalue weighted by Gasteiger charge is -2.34. The molecular weight excluding hydrogens is 160 g/mol. The lowest BCUT2D eigenvalue weighted by molar-refractivity contribution is 0.280. The summed E-state index contributed by atoms with van der Waals surface area (Å²) >= 11 is 0. The molecule has 1 aromatic rings. The Bertz CT molecular complexity index is 276. The molecule has 1 aliphatic carbocycles. The smallest absolute Gasteiger partial charge is 0.118 e. The van der Waals surface area contributed by atoms with Crippen LogP contribution in [-0.4, -0.2) is 7.11 Å². The van der Waals surface area contributed by atoms with Crippen LogP contribution in [0.4, 0.5) is 0 Å². The summed E-state index contributed by atoms with van der Waals surface area (Å²) in [5.41, 5.74) is 1.47. The number of benzene rings is 1. The van der Waals surface area contributed by atoms with Crippen molar-refractivity contribution in [2.24, 2.45) is 5.92 Å². The molecule has 1 aliphatic rings. The van der Waals surface area contributed by atoms with Gasteiger partial charge in [0.25, 0.3) is 0 Å². The van der Waals surface area contributed by atoms with Crippen molar-refractivity contribution in [1.82, 2.24) is 0 Å². The minimum atomic E-state index is 0.797. The molecule has 2 rings (SSSR count). The summed E-state index contributed by atoms with van der Waals surface area (Å²) in [7, 11) is 1.71. The Kier molecular flexibility index (Phi) is 2.26. The molecule has 0 aromatic heterocycles. The second kappa shape index (κ2) is 3.41. The van der Waals surface area contributed by atoms with Gasteiger partial charge in [-0.15, -0.1) is 0 Å². The maximum absolute atomic E-state index is 5.13. The van der Waals surface area contributed by atoms with E-state index in [4.69, 9.17) is 4.74 Å². The zero-order chi connectivity index (χ0) is 9.26. The average Bonchev–Trinajstić information content (AvgIpc) is 2.17. The van der Waals surface area contributed by atoms with Crippen LogP contribution in [0, 0.1) is 5.92 Å². The molecule has 1 nitrogen and oxygen atoms in total. The predicted octanol–water partition coefficient (Wildman–Crippen LogP) is 3.21. The maximum Gasteiger partial charge on any atom is 0.118 e. The fourth-order valence-electron chi connectivity index (χ4n) is 2.01. The molecule has 1 heteroatoms. The highest BCUT2D eigenvalue weighted by molar-refractivity contribution is 5.30. The average molecular weight is 176 g/mol. The third-order valence-electron chi connectivity index (χ3n) is 3.16. The van der Waals surface area contributed by atoms with E-state index in [-0.39, 0.29) is 0 Å². The normalized spacial score (nSPS) is 26.6. The molecule has 1 aromatic carbocycles. The lowest BCUT2D eigenvalue weighted by Crippen LogP contribution is -2.20. The summed E-state index contributed by atoms with van der Waals surface area (Å²) < 4.78 is 5.13. The first-order valence-corrected chi connectivity index (χ1v) is 4.95. The van der Waals surface area contributed by atoms with E-state index in [2.05, 4.69) is 31.2 Å². The van der Waals surface area contributed by atoms with E-state index < -0.39 is 0 Å². The van der Waals surface area contributed by atoms with E-state index in [1.807, 2.05) is 0 Å². The highest BCUT2D eigenvalue weighted by Gasteiger charge is 2.27. The van der Waals surface area contributed by atoms with Crippen molar-refractivity contribution in [3.05, 3.63) is 29.8 Å². The maximum atomic E-state index is 5.13. The van der Waals surface area contributed by atoms with Gasteiger partial charge in [-0.25, -0.2) is 0 Å². The van der Waals surface area contributed by atoms with Crippen LogP contribution < -0.4 is 4.74 Å². The van der Waals surface area contributed by atoms with Crippen LogP contribution in [0.25, 0.3) is 0 Å². The van der Waals surface area contributed by atoms with Crippen molar-refractivity contribution in [2.45, 2.75) is 25.7 Å². The fourth-order valence-corrected chi connectivity index (χ4v) is 2.01. The summed E-state index contributed by atoms with van der Waals surface area (Å²) in [6.07, 6.45) is 2.74. The fraction of sp³-hybridized carbons (Fsp3) is 0.500. The molecular formula is C12H16O. The Hall–Kier alpha value is -0.980. The quantitative estimate of drug-likeness (QED) is 0.672. The highest BCUT2D eigenvalue weighted by atomic mass is 16.5. The first-order chi connectivity index (χ1) is 6.31. The van der Waals surface area contributed by atoms with Gasteiger partial charge in [0.2, 0.25) is 0 Å². The molecule has 13 heavy (non-hydrogen) atoms. The summed E-state index contributed by atoms with van der Waals surface area (Å²) in [6.45, 7) is 2.33. The first-order valence-electron chi connectivity index (χ1n) is 4.95. The van der Waals surface area contributed by atoms with Gasteiger partial charge in [-0.05, 0) is 42.4 Å². The molecule has 1 fully saturated rings. The zero-order valence-electron chi connectivity index (χ0n) is 8.29. The summed E-state index contributed by atoms with van der Waals surface area (Å²) in [4.78, 5) is 0. The van der Waals surface area contributed by atoms with Crippen LogP contribution in [0.15, 0.2) is 24.3 Å². The van der Waals surface area contributed by atoms with Gasteiger partial charge in [0.15, 0.2) is 0 Å². The van der Waals surface area contributed by atoms with Crippen LogP contribution in [0.5, 0.6) is 5.75 Å². The molecule has 0 saturated heterocycles. The van der Waals surface area contributed by atoms with Crippen LogP contribution in [0.3, 0.4) is 0 Å². The third-order valence-corrected chi connectivity index (χ3v) is 3.16. The molecule has 70 valence electrons. The van der Waals surface area contributed by atoms with Crippen molar-refractivity contribution >= 4 is 0 Å². The van der Waals surface area contributed by atoms with Crippen molar-refractivity contribution in [3.8, 4) is 5.75 Å². The van der Waals surface area contributed by atoms with Crippen LogP contribution in [0.2, 0.25) is 0 Å². The van der Waals surface area contributed by atoms with Gasteiger partial charge < -0.3 is 4.74 Å². The summed E-state index contributed by atoms with van der Waals surface area (Å²) in [5.74, 6) is 2.62. The van der Waals surface area contributed by atoms with Crippen LogP contribution >= 0.6 is 0 Å². The molecule has 0 radical (unpaired) electrons. The Labute approximate surface area is 79.7 Å². The van der Waals surface area contributed by atoms with Gasteiger partial charge in [-0.3, -0.25) is 0 Å². The number of methoxy groups -OCH3 is 1. The predicted molar refractivity (Wildman–Crippen MR) is 54.1 cm³/mol. The van der Waals surface area contributed by atoms with Crippen molar-refractivity contribution < 1.29 is 4.74 Å². The Balaban J connectivity index is 2.13. The first kappa shape index (κ1) is 8.61. The Morgan fingerprint density at radius 2 is 1.85 bits per heavy atom. The van der Waals surface area contributed by atoms with E-state index in [1.165, 1.54) is 18.4 Å². The van der Waals surface area contributed by atoms with E-state index in [9.17, 15) is 0 Å². The molecule has 0 amide bonds. The van der Waals surface area contributed by atoms with Gasteiger partial charge in [-0.2, -0.15) is 0 Å². The van der Waals surface area contributed by atoms with Crippen molar-refractivity contribution in [3.63, 3.8) is 0 Å². The highest BCUT2D eigenvalue weighted by Crippen LogP contribution is 2.42. The number of hydrogen-bond donors (Lipinski definition) is 0. The Morgan fingerprint density at radius 1 is 1.15 bits per heavy atom. The Morgan fingerprint density at radius 3 is 2.23 bits per heavy atom. The van der Waals surface area contributed by atoms with E-state index in [0.29, 0.717) is 0 Å². The standard InChI is InChI=1S/C12H16O/c1-9-3-8-12(9)10-4-6-11(13-2)7-5-10/h4-7,9,12H,3,8H2,1-2H3/t9-,12?/m0/s1. The lowest BCUT2D eigenvalue weighted by atomic mass is 9.71. The van der Waals surface area contributed by atoms with Gasteiger partial charge in [-0.1, -0.05) is 19.1 Å². The molecule has 0 spiro atoms. The third kappa shape index (κ3) is 1.55. The SMILES string of the molecule is COc1ccc(C2CC[C@@H]2C)cc1. The number of rotatable bonds is 2.